The summed E-state index contributed by atoms with van der Waals surface area (Å²) in [5.74, 6) is 1.44. The van der Waals surface area contributed by atoms with Crippen molar-refractivity contribution in [2.75, 3.05) is 20.8 Å². The van der Waals surface area contributed by atoms with E-state index >= 15 is 0 Å². The maximum absolute atomic E-state index is 9.93. The largest absolute Gasteiger partial charge is 0.497 e. The van der Waals surface area contributed by atoms with Crippen molar-refractivity contribution in [1.82, 2.24) is 0 Å². The van der Waals surface area contributed by atoms with Crippen molar-refractivity contribution in [3.05, 3.63) is 29.8 Å². The Morgan fingerprint density at radius 3 is 2.69 bits per heavy atom. The molecule has 16 heavy (non-hydrogen) atoms. The van der Waals surface area contributed by atoms with Gasteiger partial charge in [-0.25, -0.2) is 0 Å². The van der Waals surface area contributed by atoms with Crippen LogP contribution < -0.4 is 9.47 Å². The highest BCUT2D eigenvalue weighted by Gasteiger charge is 2.01. The fourth-order valence-corrected chi connectivity index (χ4v) is 1.23. The number of hydrogen-bond acceptors (Lipinski definition) is 4. The van der Waals surface area contributed by atoms with E-state index in [1.165, 1.54) is 0 Å². The summed E-state index contributed by atoms with van der Waals surface area (Å²) in [7, 11) is 3.19. The van der Waals surface area contributed by atoms with Gasteiger partial charge >= 0.3 is 0 Å². The summed E-state index contributed by atoms with van der Waals surface area (Å²) >= 11 is 0. The fourth-order valence-electron chi connectivity index (χ4n) is 1.23. The van der Waals surface area contributed by atoms with Crippen molar-refractivity contribution in [3.8, 4) is 11.5 Å². The predicted molar refractivity (Wildman–Crippen MR) is 60.6 cm³/mol. The first-order valence-corrected chi connectivity index (χ1v) is 4.75. The van der Waals surface area contributed by atoms with Crippen LogP contribution in [-0.2, 0) is 9.53 Å². The smallest absolute Gasteiger partial charge is 0.293 e. The molecule has 0 aromatic heterocycles. The van der Waals surface area contributed by atoms with Crippen LogP contribution in [0.3, 0.4) is 0 Å². The van der Waals surface area contributed by atoms with Crippen LogP contribution in [0.25, 0.3) is 6.08 Å². The second-order valence-electron chi connectivity index (χ2n) is 2.94. The van der Waals surface area contributed by atoms with Crippen LogP contribution in [0.2, 0.25) is 0 Å². The predicted octanol–water partition coefficient (Wildman–Crippen LogP) is 1.89. The molecular weight excluding hydrogens is 208 g/mol. The minimum atomic E-state index is 0.249. The van der Waals surface area contributed by atoms with Gasteiger partial charge in [-0.1, -0.05) is 6.08 Å². The van der Waals surface area contributed by atoms with Gasteiger partial charge in [-0.05, 0) is 18.2 Å². The molecule has 86 valence electrons. The van der Waals surface area contributed by atoms with Gasteiger partial charge in [0.2, 0.25) is 0 Å². The molecule has 4 nitrogen and oxygen atoms in total. The van der Waals surface area contributed by atoms with Crippen molar-refractivity contribution in [2.24, 2.45) is 0 Å². The highest BCUT2D eigenvalue weighted by atomic mass is 16.5. The highest BCUT2D eigenvalue weighted by Crippen LogP contribution is 2.25. The van der Waals surface area contributed by atoms with Crippen LogP contribution in [0, 0.1) is 0 Å². The molecule has 0 unspecified atom stereocenters. The van der Waals surface area contributed by atoms with E-state index in [9.17, 15) is 4.79 Å². The van der Waals surface area contributed by atoms with Crippen molar-refractivity contribution in [2.45, 2.75) is 0 Å². The van der Waals surface area contributed by atoms with Crippen molar-refractivity contribution >= 4 is 12.5 Å². The van der Waals surface area contributed by atoms with E-state index in [1.54, 1.807) is 26.4 Å². The van der Waals surface area contributed by atoms with Gasteiger partial charge in [-0.15, -0.1) is 0 Å². The molecule has 0 atom stereocenters. The van der Waals surface area contributed by atoms with Crippen molar-refractivity contribution in [3.63, 3.8) is 0 Å². The zero-order valence-corrected chi connectivity index (χ0v) is 9.30. The fraction of sp³-hybridized carbons (Fsp3) is 0.250. The molecule has 0 heterocycles. The summed E-state index contributed by atoms with van der Waals surface area (Å²) in [6.45, 7) is 0.661. The van der Waals surface area contributed by atoms with E-state index in [1.807, 2.05) is 18.2 Å². The molecule has 0 amide bonds. The summed E-state index contributed by atoms with van der Waals surface area (Å²) in [5.41, 5.74) is 0.901. The number of ether oxygens (including phenoxy) is 3. The molecule has 0 aliphatic rings. The Labute approximate surface area is 94.4 Å². The number of hydrogen-bond donors (Lipinski definition) is 0. The Kier molecular flexibility index (Phi) is 4.92. The topological polar surface area (TPSA) is 44.8 Å². The summed E-state index contributed by atoms with van der Waals surface area (Å²) < 4.78 is 14.8. The number of carbonyl (C=O) groups excluding carboxylic acids is 1. The Morgan fingerprint density at radius 2 is 2.06 bits per heavy atom. The summed E-state index contributed by atoms with van der Waals surface area (Å²) in [5, 5.41) is 0. The van der Waals surface area contributed by atoms with Gasteiger partial charge in [0.25, 0.3) is 6.47 Å². The van der Waals surface area contributed by atoms with E-state index in [0.29, 0.717) is 12.2 Å². The van der Waals surface area contributed by atoms with Gasteiger partial charge in [0.15, 0.2) is 0 Å². The molecule has 1 aromatic carbocycles. The maximum atomic E-state index is 9.93. The Morgan fingerprint density at radius 1 is 1.25 bits per heavy atom. The lowest BCUT2D eigenvalue weighted by Gasteiger charge is -2.07. The lowest BCUT2D eigenvalue weighted by Crippen LogP contribution is -1.90. The first-order valence-electron chi connectivity index (χ1n) is 4.75. The molecular formula is C12H14O4. The van der Waals surface area contributed by atoms with Gasteiger partial charge in [0, 0.05) is 11.6 Å². The number of benzene rings is 1. The van der Waals surface area contributed by atoms with E-state index in [2.05, 4.69) is 4.74 Å². The first-order chi connectivity index (χ1) is 7.81. The van der Waals surface area contributed by atoms with Crippen molar-refractivity contribution < 1.29 is 19.0 Å². The third-order valence-electron chi connectivity index (χ3n) is 2.00. The third-order valence-corrected chi connectivity index (χ3v) is 2.00. The van der Waals surface area contributed by atoms with Gasteiger partial charge in [0.1, 0.15) is 18.1 Å². The molecule has 0 aliphatic carbocycles. The average Bonchev–Trinajstić information content (AvgIpc) is 2.34. The maximum Gasteiger partial charge on any atom is 0.293 e. The molecule has 0 saturated heterocycles. The molecule has 0 fully saturated rings. The normalized spacial score (nSPS) is 10.1. The molecule has 1 rings (SSSR count). The minimum Gasteiger partial charge on any atom is -0.497 e. The number of carbonyl (C=O) groups is 1. The Hall–Kier alpha value is -1.97. The zero-order chi connectivity index (χ0) is 11.8. The van der Waals surface area contributed by atoms with Crippen LogP contribution >= 0.6 is 0 Å². The second-order valence-corrected chi connectivity index (χ2v) is 2.94. The summed E-state index contributed by atoms with van der Waals surface area (Å²) in [4.78, 5) is 9.93. The van der Waals surface area contributed by atoms with Crippen LogP contribution in [0.5, 0.6) is 11.5 Å². The Balaban J connectivity index is 2.78. The van der Waals surface area contributed by atoms with Gasteiger partial charge in [-0.3, -0.25) is 4.79 Å². The Bertz CT molecular complexity index is 371. The average molecular weight is 222 g/mol. The molecule has 4 heteroatoms. The van der Waals surface area contributed by atoms with Crippen LogP contribution in [0.4, 0.5) is 0 Å². The second kappa shape index (κ2) is 6.50. The van der Waals surface area contributed by atoms with Gasteiger partial charge in [-0.2, -0.15) is 0 Å². The van der Waals surface area contributed by atoms with Gasteiger partial charge in [0.05, 0.1) is 14.2 Å². The molecule has 0 N–H and O–H groups in total. The SMILES string of the molecule is COc1ccc(/C=C/COC=O)c(OC)c1. The van der Waals surface area contributed by atoms with Crippen molar-refractivity contribution in [1.29, 1.82) is 0 Å². The lowest BCUT2D eigenvalue weighted by molar-refractivity contribution is -0.127. The number of methoxy groups -OCH3 is 2. The molecule has 1 aromatic rings. The monoisotopic (exact) mass is 222 g/mol. The van der Waals surface area contributed by atoms with E-state index in [4.69, 9.17) is 9.47 Å². The number of rotatable bonds is 6. The zero-order valence-electron chi connectivity index (χ0n) is 9.30. The molecule has 0 bridgehead atoms. The third kappa shape index (κ3) is 3.31. The molecule has 0 radical (unpaired) electrons. The lowest BCUT2D eigenvalue weighted by atomic mass is 10.2. The summed E-state index contributed by atoms with van der Waals surface area (Å²) in [6.07, 6.45) is 3.56. The quantitative estimate of drug-likeness (QED) is 0.544. The standard InChI is InChI=1S/C12H14O4/c1-14-11-6-5-10(12(8-11)15-2)4-3-7-16-9-13/h3-6,8-9H,7H2,1-2H3/b4-3+. The summed E-state index contributed by atoms with van der Waals surface area (Å²) in [6, 6.07) is 5.50. The first kappa shape index (κ1) is 12.1. The van der Waals surface area contributed by atoms with E-state index in [-0.39, 0.29) is 6.61 Å². The van der Waals surface area contributed by atoms with E-state index < -0.39 is 0 Å². The molecule has 0 saturated carbocycles. The van der Waals surface area contributed by atoms with Crippen LogP contribution in [0.15, 0.2) is 24.3 Å². The van der Waals surface area contributed by atoms with Gasteiger partial charge < -0.3 is 14.2 Å². The highest BCUT2D eigenvalue weighted by molar-refractivity contribution is 5.59. The molecule has 0 aliphatic heterocycles. The van der Waals surface area contributed by atoms with Crippen LogP contribution in [-0.4, -0.2) is 27.3 Å². The van der Waals surface area contributed by atoms with E-state index in [0.717, 1.165) is 11.3 Å². The van der Waals surface area contributed by atoms with Crippen LogP contribution in [0.1, 0.15) is 5.56 Å². The molecule has 0 spiro atoms. The minimum absolute atomic E-state index is 0.249.